The van der Waals surface area contributed by atoms with E-state index in [-0.39, 0.29) is 30.0 Å². The third-order valence-electron chi connectivity index (χ3n) is 2.92. The SMILES string of the molecule is CCOC(=O)CNc1nc(Cl)ccc1NC(=O)c1ccc(Cl)cc1. The van der Waals surface area contributed by atoms with Crippen LogP contribution in [-0.2, 0) is 9.53 Å². The maximum Gasteiger partial charge on any atom is 0.325 e. The molecule has 8 heteroatoms. The predicted molar refractivity (Wildman–Crippen MR) is 93.8 cm³/mol. The summed E-state index contributed by atoms with van der Waals surface area (Å²) < 4.78 is 4.83. The largest absolute Gasteiger partial charge is 0.465 e. The molecule has 0 saturated heterocycles. The molecule has 2 rings (SSSR count). The second kappa shape index (κ2) is 8.52. The Labute approximate surface area is 149 Å². The molecule has 24 heavy (non-hydrogen) atoms. The average Bonchev–Trinajstić information content (AvgIpc) is 2.56. The molecular weight excluding hydrogens is 353 g/mol. The quantitative estimate of drug-likeness (QED) is 0.601. The van der Waals surface area contributed by atoms with Gasteiger partial charge in [-0.2, -0.15) is 0 Å². The number of hydrogen-bond donors (Lipinski definition) is 2. The number of rotatable bonds is 6. The van der Waals surface area contributed by atoms with Crippen LogP contribution in [0.25, 0.3) is 0 Å². The molecular formula is C16H15Cl2N3O3. The minimum atomic E-state index is -0.436. The Balaban J connectivity index is 2.12. The van der Waals surface area contributed by atoms with Crippen molar-refractivity contribution >= 4 is 46.6 Å². The van der Waals surface area contributed by atoms with Crippen molar-refractivity contribution in [2.45, 2.75) is 6.92 Å². The molecule has 6 nitrogen and oxygen atoms in total. The lowest BCUT2D eigenvalue weighted by atomic mass is 10.2. The van der Waals surface area contributed by atoms with E-state index in [0.29, 0.717) is 16.3 Å². The molecule has 2 N–H and O–H groups in total. The van der Waals surface area contributed by atoms with Gasteiger partial charge in [0.1, 0.15) is 11.7 Å². The van der Waals surface area contributed by atoms with Crippen molar-refractivity contribution in [3.05, 3.63) is 52.1 Å². The van der Waals surface area contributed by atoms with Crippen LogP contribution >= 0.6 is 23.2 Å². The first-order valence-electron chi connectivity index (χ1n) is 7.12. The molecule has 0 saturated carbocycles. The second-order valence-corrected chi connectivity index (χ2v) is 5.47. The number of ether oxygens (including phenoxy) is 1. The van der Waals surface area contributed by atoms with Gasteiger partial charge in [-0.15, -0.1) is 0 Å². The fraction of sp³-hybridized carbons (Fsp3) is 0.188. The Morgan fingerprint density at radius 3 is 2.50 bits per heavy atom. The zero-order chi connectivity index (χ0) is 17.5. The number of anilines is 2. The maximum absolute atomic E-state index is 12.3. The molecule has 0 spiro atoms. The molecule has 1 heterocycles. The summed E-state index contributed by atoms with van der Waals surface area (Å²) in [5.41, 5.74) is 0.828. The number of halogens is 2. The van der Waals surface area contributed by atoms with Crippen molar-refractivity contribution in [3.8, 4) is 0 Å². The summed E-state index contributed by atoms with van der Waals surface area (Å²) in [6.45, 7) is 1.90. The van der Waals surface area contributed by atoms with E-state index in [2.05, 4.69) is 15.6 Å². The van der Waals surface area contributed by atoms with Crippen LogP contribution in [0.4, 0.5) is 11.5 Å². The highest BCUT2D eigenvalue weighted by molar-refractivity contribution is 6.30. The number of benzene rings is 1. The summed E-state index contributed by atoms with van der Waals surface area (Å²) in [5, 5.41) is 6.28. The molecule has 0 aliphatic heterocycles. The van der Waals surface area contributed by atoms with E-state index in [0.717, 1.165) is 0 Å². The number of amides is 1. The van der Waals surface area contributed by atoms with Gasteiger partial charge in [0.15, 0.2) is 5.82 Å². The minimum absolute atomic E-state index is 0.0923. The molecule has 1 aromatic carbocycles. The van der Waals surface area contributed by atoms with Crippen molar-refractivity contribution in [1.29, 1.82) is 0 Å². The number of esters is 1. The molecule has 0 atom stereocenters. The highest BCUT2D eigenvalue weighted by atomic mass is 35.5. The van der Waals surface area contributed by atoms with E-state index < -0.39 is 5.97 Å². The third-order valence-corrected chi connectivity index (χ3v) is 3.38. The molecule has 0 aliphatic rings. The molecule has 0 bridgehead atoms. The van der Waals surface area contributed by atoms with Crippen LogP contribution in [-0.4, -0.2) is 30.0 Å². The lowest BCUT2D eigenvalue weighted by molar-refractivity contribution is -0.140. The molecule has 0 unspecified atom stereocenters. The van der Waals surface area contributed by atoms with Gasteiger partial charge < -0.3 is 15.4 Å². The first-order valence-corrected chi connectivity index (χ1v) is 7.88. The van der Waals surface area contributed by atoms with Crippen molar-refractivity contribution in [2.24, 2.45) is 0 Å². The number of nitrogens with zero attached hydrogens (tertiary/aromatic N) is 1. The number of nitrogens with one attached hydrogen (secondary N) is 2. The van der Waals surface area contributed by atoms with Gasteiger partial charge in [0.2, 0.25) is 0 Å². The number of carbonyl (C=O) groups excluding carboxylic acids is 2. The summed E-state index contributed by atoms with van der Waals surface area (Å²) in [4.78, 5) is 27.8. The number of pyridine rings is 1. The van der Waals surface area contributed by atoms with E-state index in [1.165, 1.54) is 6.07 Å². The number of carbonyl (C=O) groups is 2. The normalized spacial score (nSPS) is 10.1. The van der Waals surface area contributed by atoms with Crippen molar-refractivity contribution < 1.29 is 14.3 Å². The van der Waals surface area contributed by atoms with Crippen LogP contribution in [0.15, 0.2) is 36.4 Å². The van der Waals surface area contributed by atoms with Gasteiger partial charge >= 0.3 is 5.97 Å². The van der Waals surface area contributed by atoms with Crippen LogP contribution in [0.2, 0.25) is 10.2 Å². The van der Waals surface area contributed by atoms with E-state index >= 15 is 0 Å². The van der Waals surface area contributed by atoms with E-state index in [9.17, 15) is 9.59 Å². The summed E-state index contributed by atoms with van der Waals surface area (Å²) in [6, 6.07) is 9.58. The Morgan fingerprint density at radius 1 is 1.12 bits per heavy atom. The summed E-state index contributed by atoms with van der Waals surface area (Å²) in [5.74, 6) is -0.498. The maximum atomic E-state index is 12.3. The topological polar surface area (TPSA) is 80.3 Å². The second-order valence-electron chi connectivity index (χ2n) is 4.65. The smallest absolute Gasteiger partial charge is 0.325 e. The Bertz CT molecular complexity index is 736. The fourth-order valence-corrected chi connectivity index (χ4v) is 2.11. The van der Waals surface area contributed by atoms with Crippen LogP contribution < -0.4 is 10.6 Å². The molecule has 0 fully saturated rings. The van der Waals surface area contributed by atoms with Gasteiger partial charge in [0.25, 0.3) is 5.91 Å². The molecule has 0 radical (unpaired) electrons. The minimum Gasteiger partial charge on any atom is -0.465 e. The van der Waals surface area contributed by atoms with E-state index in [4.69, 9.17) is 27.9 Å². The van der Waals surface area contributed by atoms with Gasteiger partial charge in [0, 0.05) is 10.6 Å². The summed E-state index contributed by atoms with van der Waals surface area (Å²) in [6.07, 6.45) is 0. The highest BCUT2D eigenvalue weighted by Gasteiger charge is 2.12. The van der Waals surface area contributed by atoms with Crippen LogP contribution in [0.3, 0.4) is 0 Å². The van der Waals surface area contributed by atoms with Crippen molar-refractivity contribution in [2.75, 3.05) is 23.8 Å². The summed E-state index contributed by atoms with van der Waals surface area (Å²) >= 11 is 11.7. The zero-order valence-corrected chi connectivity index (χ0v) is 14.3. The van der Waals surface area contributed by atoms with Crippen LogP contribution in [0.5, 0.6) is 0 Å². The van der Waals surface area contributed by atoms with Gasteiger partial charge in [-0.25, -0.2) is 4.98 Å². The first-order chi connectivity index (χ1) is 11.5. The van der Waals surface area contributed by atoms with Crippen LogP contribution in [0.1, 0.15) is 17.3 Å². The van der Waals surface area contributed by atoms with E-state index in [1.807, 2.05) is 0 Å². The van der Waals surface area contributed by atoms with E-state index in [1.54, 1.807) is 37.3 Å². The van der Waals surface area contributed by atoms with Gasteiger partial charge in [-0.1, -0.05) is 23.2 Å². The lowest BCUT2D eigenvalue weighted by Gasteiger charge is -2.12. The van der Waals surface area contributed by atoms with Crippen LogP contribution in [0, 0.1) is 0 Å². The fourth-order valence-electron chi connectivity index (χ4n) is 1.83. The lowest BCUT2D eigenvalue weighted by Crippen LogP contribution is -2.19. The van der Waals surface area contributed by atoms with Crippen molar-refractivity contribution in [3.63, 3.8) is 0 Å². The first kappa shape index (κ1) is 18.0. The monoisotopic (exact) mass is 367 g/mol. The van der Waals surface area contributed by atoms with Gasteiger partial charge in [-0.3, -0.25) is 9.59 Å². The predicted octanol–water partition coefficient (Wildman–Crippen LogP) is 3.62. The molecule has 126 valence electrons. The Kier molecular flexibility index (Phi) is 6.40. The molecule has 1 amide bonds. The van der Waals surface area contributed by atoms with Crippen molar-refractivity contribution in [1.82, 2.24) is 4.98 Å². The number of hydrogen-bond acceptors (Lipinski definition) is 5. The zero-order valence-electron chi connectivity index (χ0n) is 12.8. The van der Waals surface area contributed by atoms with Gasteiger partial charge in [-0.05, 0) is 43.3 Å². The highest BCUT2D eigenvalue weighted by Crippen LogP contribution is 2.22. The standard InChI is InChI=1S/C16H15Cl2N3O3/c1-2-24-14(22)9-19-15-12(7-8-13(18)21-15)20-16(23)10-3-5-11(17)6-4-10/h3-8H,2,9H2,1H3,(H,19,21)(H,20,23). The average molecular weight is 368 g/mol. The number of aromatic nitrogens is 1. The molecule has 2 aromatic rings. The molecule has 0 aliphatic carbocycles. The molecule has 1 aromatic heterocycles. The summed E-state index contributed by atoms with van der Waals surface area (Å²) in [7, 11) is 0. The Hall–Kier alpha value is -2.31. The van der Waals surface area contributed by atoms with Gasteiger partial charge in [0.05, 0.1) is 12.3 Å². The Morgan fingerprint density at radius 2 is 1.83 bits per heavy atom. The third kappa shape index (κ3) is 5.11.